The zero-order valence-electron chi connectivity index (χ0n) is 11.6. The van der Waals surface area contributed by atoms with Gasteiger partial charge in [0.15, 0.2) is 6.10 Å². The second-order valence-corrected chi connectivity index (χ2v) is 5.46. The summed E-state index contributed by atoms with van der Waals surface area (Å²) >= 11 is 0. The standard InChI is InChI=1S/C14H20N4O2/c1-7-10(6-15)13(18-17-7)9-3-4-12-11(5-9)16-14(19)8(2)20-12/h3-5,7-8,10,13,17-18H,6,15H2,1-2H3,(H,16,19). The Hall–Kier alpha value is -1.63. The van der Waals surface area contributed by atoms with E-state index in [-0.39, 0.29) is 11.9 Å². The van der Waals surface area contributed by atoms with E-state index in [1.807, 2.05) is 18.2 Å². The Bertz CT molecular complexity index is 534. The molecule has 0 radical (unpaired) electrons. The van der Waals surface area contributed by atoms with Crippen molar-refractivity contribution in [3.05, 3.63) is 23.8 Å². The molecule has 6 heteroatoms. The first-order valence-electron chi connectivity index (χ1n) is 6.92. The van der Waals surface area contributed by atoms with Crippen molar-refractivity contribution in [1.29, 1.82) is 0 Å². The highest BCUT2D eigenvalue weighted by molar-refractivity contribution is 5.97. The summed E-state index contributed by atoms with van der Waals surface area (Å²) in [5.74, 6) is 0.909. The van der Waals surface area contributed by atoms with Gasteiger partial charge in [-0.1, -0.05) is 6.07 Å². The van der Waals surface area contributed by atoms with Gasteiger partial charge in [0.1, 0.15) is 5.75 Å². The number of rotatable bonds is 2. The van der Waals surface area contributed by atoms with Crippen LogP contribution in [0, 0.1) is 5.92 Å². The van der Waals surface area contributed by atoms with Gasteiger partial charge in [0.05, 0.1) is 11.7 Å². The lowest BCUT2D eigenvalue weighted by Crippen LogP contribution is -2.34. The number of carbonyl (C=O) groups is 1. The summed E-state index contributed by atoms with van der Waals surface area (Å²) in [4.78, 5) is 11.7. The van der Waals surface area contributed by atoms with E-state index in [0.717, 1.165) is 11.3 Å². The highest BCUT2D eigenvalue weighted by atomic mass is 16.5. The van der Waals surface area contributed by atoms with E-state index in [1.165, 1.54) is 0 Å². The molecule has 2 aliphatic rings. The summed E-state index contributed by atoms with van der Waals surface area (Å²) in [6.07, 6.45) is -0.448. The van der Waals surface area contributed by atoms with Gasteiger partial charge in [0.2, 0.25) is 0 Å². The summed E-state index contributed by atoms with van der Waals surface area (Å²) in [6, 6.07) is 6.32. The second-order valence-electron chi connectivity index (χ2n) is 5.46. The highest BCUT2D eigenvalue weighted by Crippen LogP contribution is 2.35. The number of ether oxygens (including phenoxy) is 1. The van der Waals surface area contributed by atoms with Crippen LogP contribution in [0.1, 0.15) is 25.5 Å². The maximum absolute atomic E-state index is 11.7. The Kier molecular flexibility index (Phi) is 3.37. The minimum atomic E-state index is -0.448. The minimum Gasteiger partial charge on any atom is -0.479 e. The summed E-state index contributed by atoms with van der Waals surface area (Å²) in [6.45, 7) is 4.44. The molecule has 4 atom stereocenters. The molecule has 2 aliphatic heterocycles. The molecule has 1 fully saturated rings. The van der Waals surface area contributed by atoms with Crippen molar-refractivity contribution in [3.63, 3.8) is 0 Å². The normalized spacial score (nSPS) is 32.5. The van der Waals surface area contributed by atoms with Crippen molar-refractivity contribution in [2.75, 3.05) is 11.9 Å². The first-order valence-corrected chi connectivity index (χ1v) is 6.92. The van der Waals surface area contributed by atoms with Crippen molar-refractivity contribution in [2.45, 2.75) is 32.0 Å². The maximum atomic E-state index is 11.7. The molecule has 0 saturated carbocycles. The third kappa shape index (κ3) is 2.15. The van der Waals surface area contributed by atoms with E-state index >= 15 is 0 Å². The predicted molar refractivity (Wildman–Crippen MR) is 76.2 cm³/mol. The SMILES string of the molecule is CC1Oc2ccc(C3NNC(C)C3CN)cc2NC1=O. The van der Waals surface area contributed by atoms with Crippen LogP contribution in [-0.4, -0.2) is 24.6 Å². The Morgan fingerprint density at radius 3 is 2.85 bits per heavy atom. The van der Waals surface area contributed by atoms with Crippen LogP contribution in [0.2, 0.25) is 0 Å². The van der Waals surface area contributed by atoms with Crippen LogP contribution in [0.15, 0.2) is 18.2 Å². The lowest BCUT2D eigenvalue weighted by molar-refractivity contribution is -0.122. The zero-order chi connectivity index (χ0) is 14.3. The molecule has 1 amide bonds. The number of hydrazine groups is 1. The van der Waals surface area contributed by atoms with Crippen LogP contribution in [-0.2, 0) is 4.79 Å². The Morgan fingerprint density at radius 1 is 1.30 bits per heavy atom. The second kappa shape index (κ2) is 5.05. The van der Waals surface area contributed by atoms with Crippen molar-refractivity contribution in [3.8, 4) is 5.75 Å². The number of hydrogen-bond acceptors (Lipinski definition) is 5. The van der Waals surface area contributed by atoms with Crippen LogP contribution in [0.4, 0.5) is 5.69 Å². The fourth-order valence-electron chi connectivity index (χ4n) is 2.81. The topological polar surface area (TPSA) is 88.4 Å². The maximum Gasteiger partial charge on any atom is 0.265 e. The van der Waals surface area contributed by atoms with Gasteiger partial charge in [0, 0.05) is 12.0 Å². The van der Waals surface area contributed by atoms with Crippen molar-refractivity contribution in [2.24, 2.45) is 11.7 Å². The average molecular weight is 276 g/mol. The molecule has 0 bridgehead atoms. The van der Waals surface area contributed by atoms with Gasteiger partial charge in [-0.2, -0.15) is 0 Å². The fraction of sp³-hybridized carbons (Fsp3) is 0.500. The predicted octanol–water partition coefficient (Wildman–Crippen LogP) is 0.518. The minimum absolute atomic E-state index is 0.115. The van der Waals surface area contributed by atoms with Gasteiger partial charge in [-0.3, -0.25) is 10.2 Å². The van der Waals surface area contributed by atoms with Crippen LogP contribution < -0.4 is 26.6 Å². The Morgan fingerprint density at radius 2 is 2.10 bits per heavy atom. The molecule has 3 rings (SSSR count). The first kappa shape index (κ1) is 13.4. The molecule has 1 aromatic rings. The quantitative estimate of drug-likeness (QED) is 0.632. The van der Waals surface area contributed by atoms with E-state index in [0.29, 0.717) is 24.3 Å². The molecule has 0 aliphatic carbocycles. The number of benzene rings is 1. The number of anilines is 1. The van der Waals surface area contributed by atoms with Crippen LogP contribution >= 0.6 is 0 Å². The first-order chi connectivity index (χ1) is 9.60. The number of carbonyl (C=O) groups excluding carboxylic acids is 1. The summed E-state index contributed by atoms with van der Waals surface area (Å²) in [5, 5.41) is 2.87. The van der Waals surface area contributed by atoms with Crippen LogP contribution in [0.25, 0.3) is 0 Å². The van der Waals surface area contributed by atoms with Gasteiger partial charge in [-0.05, 0) is 38.1 Å². The zero-order valence-corrected chi connectivity index (χ0v) is 11.6. The number of nitrogens with one attached hydrogen (secondary N) is 3. The number of fused-ring (bicyclic) bond motifs is 1. The summed E-state index contributed by atoms with van der Waals surface area (Å²) in [7, 11) is 0. The molecule has 5 N–H and O–H groups in total. The molecule has 1 saturated heterocycles. The molecule has 2 heterocycles. The summed E-state index contributed by atoms with van der Waals surface area (Å²) < 4.78 is 5.56. The van der Waals surface area contributed by atoms with Crippen molar-refractivity contribution in [1.82, 2.24) is 10.9 Å². The fourth-order valence-corrected chi connectivity index (χ4v) is 2.81. The molecular weight excluding hydrogens is 256 g/mol. The number of amides is 1. The molecule has 0 aromatic heterocycles. The smallest absolute Gasteiger partial charge is 0.265 e. The van der Waals surface area contributed by atoms with Gasteiger partial charge >= 0.3 is 0 Å². The average Bonchev–Trinajstić information content (AvgIpc) is 2.80. The number of hydrogen-bond donors (Lipinski definition) is 4. The molecule has 4 unspecified atom stereocenters. The molecule has 0 spiro atoms. The third-order valence-corrected chi connectivity index (χ3v) is 4.10. The van der Waals surface area contributed by atoms with Crippen LogP contribution in [0.3, 0.4) is 0 Å². The van der Waals surface area contributed by atoms with E-state index in [4.69, 9.17) is 10.5 Å². The Balaban J connectivity index is 1.89. The van der Waals surface area contributed by atoms with Gasteiger partial charge in [-0.25, -0.2) is 5.43 Å². The van der Waals surface area contributed by atoms with Gasteiger partial charge < -0.3 is 15.8 Å². The lowest BCUT2D eigenvalue weighted by Gasteiger charge is -2.25. The van der Waals surface area contributed by atoms with E-state index in [9.17, 15) is 4.79 Å². The lowest BCUT2D eigenvalue weighted by atomic mass is 9.90. The summed E-state index contributed by atoms with van der Waals surface area (Å²) in [5.41, 5.74) is 14.2. The molecule has 6 nitrogen and oxygen atoms in total. The van der Waals surface area contributed by atoms with Crippen molar-refractivity contribution < 1.29 is 9.53 Å². The monoisotopic (exact) mass is 276 g/mol. The van der Waals surface area contributed by atoms with E-state index in [2.05, 4.69) is 23.1 Å². The van der Waals surface area contributed by atoms with Gasteiger partial charge in [-0.15, -0.1) is 0 Å². The van der Waals surface area contributed by atoms with E-state index < -0.39 is 6.10 Å². The van der Waals surface area contributed by atoms with Crippen LogP contribution in [0.5, 0.6) is 5.75 Å². The number of nitrogens with two attached hydrogens (primary N) is 1. The molecular formula is C14H20N4O2. The van der Waals surface area contributed by atoms with Gasteiger partial charge in [0.25, 0.3) is 5.91 Å². The molecule has 20 heavy (non-hydrogen) atoms. The molecule has 1 aromatic carbocycles. The molecule has 108 valence electrons. The largest absolute Gasteiger partial charge is 0.479 e. The highest BCUT2D eigenvalue weighted by Gasteiger charge is 2.34. The van der Waals surface area contributed by atoms with E-state index in [1.54, 1.807) is 6.92 Å². The van der Waals surface area contributed by atoms with Crippen molar-refractivity contribution >= 4 is 11.6 Å². The third-order valence-electron chi connectivity index (χ3n) is 4.10. The Labute approximate surface area is 118 Å².